The molecule has 0 saturated carbocycles. The lowest BCUT2D eigenvalue weighted by atomic mass is 10.1. The predicted octanol–water partition coefficient (Wildman–Crippen LogP) is 2.67. The standard InChI is InChI=1S/C21H25NO6S/c1-21(2)27-15-18(28-21)13-22(14-20(23)26-3)29(24,25)19-11-9-17(10-12-19)16-7-5-4-6-8-16/h4-12,18H,13-15H2,1-3H3/t18-/m0/s1. The molecule has 1 atom stereocenters. The van der Waals surface area contributed by atoms with Crippen LogP contribution < -0.4 is 0 Å². The number of ether oxygens (including phenoxy) is 3. The van der Waals surface area contributed by atoms with Crippen LogP contribution in [-0.2, 0) is 29.0 Å². The summed E-state index contributed by atoms with van der Waals surface area (Å²) in [4.78, 5) is 11.9. The van der Waals surface area contributed by atoms with E-state index in [1.807, 2.05) is 30.3 Å². The van der Waals surface area contributed by atoms with Gasteiger partial charge in [0.05, 0.1) is 24.7 Å². The number of hydrogen-bond donors (Lipinski definition) is 0. The molecular formula is C21H25NO6S. The van der Waals surface area contributed by atoms with Crippen LogP contribution in [0.15, 0.2) is 59.5 Å². The largest absolute Gasteiger partial charge is 0.468 e. The highest BCUT2D eigenvalue weighted by Gasteiger charge is 2.37. The second kappa shape index (κ2) is 8.62. The smallest absolute Gasteiger partial charge is 0.321 e. The van der Waals surface area contributed by atoms with E-state index in [-0.39, 0.29) is 18.0 Å². The van der Waals surface area contributed by atoms with Gasteiger partial charge in [-0.25, -0.2) is 8.42 Å². The molecule has 3 rings (SSSR count). The Labute approximate surface area is 171 Å². The summed E-state index contributed by atoms with van der Waals surface area (Å²) < 4.78 is 43.4. The summed E-state index contributed by atoms with van der Waals surface area (Å²) in [5.41, 5.74) is 1.89. The number of rotatable bonds is 7. The van der Waals surface area contributed by atoms with Crippen molar-refractivity contribution >= 4 is 16.0 Å². The van der Waals surface area contributed by atoms with Gasteiger partial charge < -0.3 is 14.2 Å². The molecule has 1 heterocycles. The maximum Gasteiger partial charge on any atom is 0.321 e. The fourth-order valence-corrected chi connectivity index (χ4v) is 4.55. The molecule has 1 aliphatic heterocycles. The van der Waals surface area contributed by atoms with Gasteiger partial charge in [0.1, 0.15) is 6.54 Å². The molecule has 0 N–H and O–H groups in total. The van der Waals surface area contributed by atoms with E-state index in [4.69, 9.17) is 9.47 Å². The van der Waals surface area contributed by atoms with Crippen molar-refractivity contribution in [1.82, 2.24) is 4.31 Å². The third-order valence-electron chi connectivity index (χ3n) is 4.61. The van der Waals surface area contributed by atoms with Gasteiger partial charge in [0.25, 0.3) is 0 Å². The lowest BCUT2D eigenvalue weighted by Gasteiger charge is -2.24. The van der Waals surface area contributed by atoms with E-state index in [0.717, 1.165) is 15.4 Å². The van der Waals surface area contributed by atoms with Crippen molar-refractivity contribution in [3.05, 3.63) is 54.6 Å². The van der Waals surface area contributed by atoms with Crippen LogP contribution in [0.2, 0.25) is 0 Å². The van der Waals surface area contributed by atoms with Crippen LogP contribution in [0.25, 0.3) is 11.1 Å². The quantitative estimate of drug-likeness (QED) is 0.642. The Bertz CT molecular complexity index is 941. The average molecular weight is 419 g/mol. The summed E-state index contributed by atoms with van der Waals surface area (Å²) in [5, 5.41) is 0. The maximum atomic E-state index is 13.2. The zero-order chi connectivity index (χ0) is 21.1. The van der Waals surface area contributed by atoms with Crippen molar-refractivity contribution in [2.75, 3.05) is 26.8 Å². The molecule has 156 valence electrons. The Kier molecular flexibility index (Phi) is 6.38. The molecule has 0 spiro atoms. The van der Waals surface area contributed by atoms with Crippen molar-refractivity contribution < 1.29 is 27.4 Å². The first-order valence-corrected chi connectivity index (χ1v) is 10.7. The normalized spacial score (nSPS) is 18.7. The molecule has 1 aliphatic rings. The number of carbonyl (C=O) groups excluding carboxylic acids is 1. The van der Waals surface area contributed by atoms with Crippen LogP contribution >= 0.6 is 0 Å². The number of sulfonamides is 1. The lowest BCUT2D eigenvalue weighted by molar-refractivity contribution is -0.143. The molecule has 0 unspecified atom stereocenters. The fraction of sp³-hybridized carbons (Fsp3) is 0.381. The summed E-state index contributed by atoms with van der Waals surface area (Å²) in [6.07, 6.45) is -0.479. The summed E-state index contributed by atoms with van der Waals surface area (Å²) in [5.74, 6) is -1.43. The molecule has 2 aromatic rings. The SMILES string of the molecule is COC(=O)CN(C[C@H]1COC(C)(C)O1)S(=O)(=O)c1ccc(-c2ccccc2)cc1. The second-order valence-corrected chi connectivity index (χ2v) is 9.15. The Hall–Kier alpha value is -2.26. The van der Waals surface area contributed by atoms with Crippen LogP contribution in [0.5, 0.6) is 0 Å². The molecule has 0 aliphatic carbocycles. The minimum atomic E-state index is -3.93. The number of hydrogen-bond acceptors (Lipinski definition) is 6. The summed E-state index contributed by atoms with van der Waals surface area (Å²) in [7, 11) is -2.71. The molecule has 0 bridgehead atoms. The third-order valence-corrected chi connectivity index (χ3v) is 6.43. The molecule has 1 fully saturated rings. The molecular weight excluding hydrogens is 394 g/mol. The number of nitrogens with zero attached hydrogens (tertiary/aromatic N) is 1. The Morgan fingerprint density at radius 2 is 1.72 bits per heavy atom. The van der Waals surface area contributed by atoms with Gasteiger partial charge >= 0.3 is 5.97 Å². The lowest BCUT2D eigenvalue weighted by Crippen LogP contribution is -2.42. The Morgan fingerprint density at radius 1 is 1.10 bits per heavy atom. The van der Waals surface area contributed by atoms with Crippen LogP contribution in [-0.4, -0.2) is 57.4 Å². The van der Waals surface area contributed by atoms with E-state index < -0.39 is 34.4 Å². The maximum absolute atomic E-state index is 13.2. The fourth-order valence-electron chi connectivity index (χ4n) is 3.14. The molecule has 1 saturated heterocycles. The van der Waals surface area contributed by atoms with Crippen LogP contribution in [0.1, 0.15) is 13.8 Å². The van der Waals surface area contributed by atoms with E-state index in [1.165, 1.54) is 19.2 Å². The van der Waals surface area contributed by atoms with Crippen molar-refractivity contribution in [3.63, 3.8) is 0 Å². The van der Waals surface area contributed by atoms with E-state index >= 15 is 0 Å². The summed E-state index contributed by atoms with van der Waals surface area (Å²) in [6, 6.07) is 16.2. The third kappa shape index (κ3) is 5.22. The van der Waals surface area contributed by atoms with Gasteiger partial charge in [0.2, 0.25) is 10.0 Å². The van der Waals surface area contributed by atoms with Crippen molar-refractivity contribution in [3.8, 4) is 11.1 Å². The monoisotopic (exact) mass is 419 g/mol. The second-order valence-electron chi connectivity index (χ2n) is 7.21. The van der Waals surface area contributed by atoms with Gasteiger partial charge in [-0.15, -0.1) is 0 Å². The van der Waals surface area contributed by atoms with Crippen LogP contribution in [0.3, 0.4) is 0 Å². The van der Waals surface area contributed by atoms with Crippen LogP contribution in [0.4, 0.5) is 0 Å². The first kappa shape index (κ1) is 21.4. The molecule has 8 heteroatoms. The highest BCUT2D eigenvalue weighted by molar-refractivity contribution is 7.89. The molecule has 0 radical (unpaired) electrons. The highest BCUT2D eigenvalue weighted by atomic mass is 32.2. The van der Waals surface area contributed by atoms with Crippen LogP contribution in [0, 0.1) is 0 Å². The predicted molar refractivity (Wildman–Crippen MR) is 108 cm³/mol. The Morgan fingerprint density at radius 3 is 2.28 bits per heavy atom. The van der Waals surface area contributed by atoms with Gasteiger partial charge in [0.15, 0.2) is 5.79 Å². The molecule has 7 nitrogen and oxygen atoms in total. The van der Waals surface area contributed by atoms with E-state index in [2.05, 4.69) is 4.74 Å². The van der Waals surface area contributed by atoms with Gasteiger partial charge in [-0.05, 0) is 37.1 Å². The molecule has 0 amide bonds. The Balaban J connectivity index is 1.84. The zero-order valence-corrected chi connectivity index (χ0v) is 17.5. The molecule has 0 aromatic heterocycles. The van der Waals surface area contributed by atoms with E-state index in [9.17, 15) is 13.2 Å². The van der Waals surface area contributed by atoms with Gasteiger partial charge in [0, 0.05) is 6.54 Å². The van der Waals surface area contributed by atoms with E-state index in [0.29, 0.717) is 0 Å². The number of methoxy groups -OCH3 is 1. The summed E-state index contributed by atoms with van der Waals surface area (Å²) >= 11 is 0. The van der Waals surface area contributed by atoms with Crippen molar-refractivity contribution in [2.45, 2.75) is 30.6 Å². The van der Waals surface area contributed by atoms with Crippen molar-refractivity contribution in [1.29, 1.82) is 0 Å². The summed E-state index contributed by atoms with van der Waals surface area (Å²) in [6.45, 7) is 3.34. The number of carbonyl (C=O) groups is 1. The van der Waals surface area contributed by atoms with Gasteiger partial charge in [-0.2, -0.15) is 4.31 Å². The number of esters is 1. The van der Waals surface area contributed by atoms with Gasteiger partial charge in [-0.1, -0.05) is 42.5 Å². The highest BCUT2D eigenvalue weighted by Crippen LogP contribution is 2.26. The average Bonchev–Trinajstić information content (AvgIpc) is 3.06. The molecule has 2 aromatic carbocycles. The first-order valence-electron chi connectivity index (χ1n) is 9.25. The number of benzene rings is 2. The molecule has 29 heavy (non-hydrogen) atoms. The topological polar surface area (TPSA) is 82.1 Å². The zero-order valence-electron chi connectivity index (χ0n) is 16.7. The van der Waals surface area contributed by atoms with Crippen molar-refractivity contribution in [2.24, 2.45) is 0 Å². The van der Waals surface area contributed by atoms with Gasteiger partial charge in [-0.3, -0.25) is 4.79 Å². The first-order chi connectivity index (χ1) is 13.7. The minimum absolute atomic E-state index is 0.0126. The minimum Gasteiger partial charge on any atom is -0.468 e. The van der Waals surface area contributed by atoms with E-state index in [1.54, 1.807) is 26.0 Å².